The first kappa shape index (κ1) is 10.5. The van der Waals surface area contributed by atoms with Crippen LogP contribution < -0.4 is 5.32 Å². The minimum atomic E-state index is -1.00. The number of aromatic hydroxyl groups is 1. The van der Waals surface area contributed by atoms with E-state index in [0.717, 1.165) is 6.07 Å². The largest absolute Gasteiger partial charge is 0.504 e. The Morgan fingerprint density at radius 2 is 2.14 bits per heavy atom. The van der Waals surface area contributed by atoms with Gasteiger partial charge in [-0.25, -0.2) is 8.78 Å². The number of nitrogens with one attached hydrogen (secondary N) is 1. The van der Waals surface area contributed by atoms with E-state index in [2.05, 4.69) is 17.2 Å². The maximum absolute atomic E-state index is 12.8. The van der Waals surface area contributed by atoms with Gasteiger partial charge in [-0.1, -0.05) is 11.8 Å². The number of rotatable bonds is 1. The van der Waals surface area contributed by atoms with Crippen molar-refractivity contribution in [3.05, 3.63) is 29.3 Å². The predicted octanol–water partition coefficient (Wildman–Crippen LogP) is 1.24. The van der Waals surface area contributed by atoms with Gasteiger partial charge in [0.2, 0.25) is 0 Å². The first-order valence-electron chi connectivity index (χ1n) is 3.96. The predicted molar refractivity (Wildman–Crippen MR) is 48.8 cm³/mol. The third-order valence-electron chi connectivity index (χ3n) is 1.52. The number of hydrogen-bond acceptors (Lipinski definition) is 2. The molecule has 0 atom stereocenters. The SMILES string of the molecule is CNCC#Cc1cc(F)cc(F)c1O. The summed E-state index contributed by atoms with van der Waals surface area (Å²) in [5.74, 6) is 2.67. The quantitative estimate of drug-likeness (QED) is 0.664. The fraction of sp³-hybridized carbons (Fsp3) is 0.200. The standard InChI is InChI=1S/C10H9F2NO/c1-13-4-2-3-7-5-8(11)6-9(12)10(7)14/h5-6,13-14H,4H2,1H3. The van der Waals surface area contributed by atoms with Crippen LogP contribution in [0.25, 0.3) is 0 Å². The summed E-state index contributed by atoms with van der Waals surface area (Å²) in [4.78, 5) is 0. The molecule has 0 aliphatic rings. The zero-order chi connectivity index (χ0) is 10.6. The summed E-state index contributed by atoms with van der Waals surface area (Å²) >= 11 is 0. The van der Waals surface area contributed by atoms with Gasteiger partial charge in [-0.3, -0.25) is 0 Å². The number of benzene rings is 1. The lowest BCUT2D eigenvalue weighted by Gasteiger charge is -1.98. The molecule has 1 rings (SSSR count). The highest BCUT2D eigenvalue weighted by atomic mass is 19.1. The van der Waals surface area contributed by atoms with Gasteiger partial charge < -0.3 is 10.4 Å². The maximum Gasteiger partial charge on any atom is 0.169 e. The van der Waals surface area contributed by atoms with Crippen molar-refractivity contribution in [2.24, 2.45) is 0 Å². The molecule has 0 aliphatic carbocycles. The van der Waals surface area contributed by atoms with Gasteiger partial charge in [0.05, 0.1) is 12.1 Å². The normalized spacial score (nSPS) is 9.36. The van der Waals surface area contributed by atoms with Crippen LogP contribution in [0.1, 0.15) is 5.56 Å². The van der Waals surface area contributed by atoms with E-state index in [0.29, 0.717) is 12.6 Å². The van der Waals surface area contributed by atoms with Crippen LogP contribution in [0.4, 0.5) is 8.78 Å². The molecule has 0 saturated carbocycles. The molecule has 0 spiro atoms. The molecule has 0 aromatic heterocycles. The summed E-state index contributed by atoms with van der Waals surface area (Å²) < 4.78 is 25.5. The van der Waals surface area contributed by atoms with Gasteiger partial charge in [0, 0.05) is 6.07 Å². The third-order valence-corrected chi connectivity index (χ3v) is 1.52. The van der Waals surface area contributed by atoms with Crippen molar-refractivity contribution in [1.29, 1.82) is 0 Å². The van der Waals surface area contributed by atoms with Crippen molar-refractivity contribution >= 4 is 0 Å². The molecular formula is C10H9F2NO. The van der Waals surface area contributed by atoms with Crippen LogP contribution in [0, 0.1) is 23.5 Å². The van der Waals surface area contributed by atoms with E-state index in [-0.39, 0.29) is 5.56 Å². The van der Waals surface area contributed by atoms with E-state index in [1.54, 1.807) is 7.05 Å². The van der Waals surface area contributed by atoms with E-state index in [1.807, 2.05) is 0 Å². The molecule has 0 saturated heterocycles. The van der Waals surface area contributed by atoms with Crippen LogP contribution in [0.15, 0.2) is 12.1 Å². The van der Waals surface area contributed by atoms with Crippen molar-refractivity contribution < 1.29 is 13.9 Å². The molecule has 0 amide bonds. The monoisotopic (exact) mass is 197 g/mol. The average molecular weight is 197 g/mol. The number of hydrogen-bond donors (Lipinski definition) is 2. The minimum absolute atomic E-state index is 0.0437. The average Bonchev–Trinajstić information content (AvgIpc) is 2.13. The molecule has 14 heavy (non-hydrogen) atoms. The van der Waals surface area contributed by atoms with Gasteiger partial charge in [-0.15, -0.1) is 0 Å². The summed E-state index contributed by atoms with van der Waals surface area (Å²) in [7, 11) is 1.70. The smallest absolute Gasteiger partial charge is 0.169 e. The highest BCUT2D eigenvalue weighted by molar-refractivity contribution is 5.46. The van der Waals surface area contributed by atoms with Crippen LogP contribution in [0.3, 0.4) is 0 Å². The summed E-state index contributed by atoms with van der Waals surface area (Å²) in [6.07, 6.45) is 0. The van der Waals surface area contributed by atoms with Crippen LogP contribution >= 0.6 is 0 Å². The van der Waals surface area contributed by atoms with Crippen LogP contribution in [0.2, 0.25) is 0 Å². The second kappa shape index (κ2) is 4.58. The van der Waals surface area contributed by atoms with Crippen molar-refractivity contribution in [2.45, 2.75) is 0 Å². The minimum Gasteiger partial charge on any atom is -0.504 e. The van der Waals surface area contributed by atoms with Crippen molar-refractivity contribution in [2.75, 3.05) is 13.6 Å². The lowest BCUT2D eigenvalue weighted by atomic mass is 10.2. The lowest BCUT2D eigenvalue weighted by molar-refractivity contribution is 0.426. The number of phenolic OH excluding ortho intramolecular Hbond substituents is 1. The van der Waals surface area contributed by atoms with Gasteiger partial charge in [-0.05, 0) is 13.1 Å². The third kappa shape index (κ3) is 2.44. The van der Waals surface area contributed by atoms with Crippen LogP contribution in [0.5, 0.6) is 5.75 Å². The maximum atomic E-state index is 12.8. The summed E-state index contributed by atoms with van der Waals surface area (Å²) in [6.45, 7) is 0.386. The van der Waals surface area contributed by atoms with Crippen molar-refractivity contribution in [1.82, 2.24) is 5.32 Å². The molecule has 0 aliphatic heterocycles. The summed E-state index contributed by atoms with van der Waals surface area (Å²) in [5.41, 5.74) is -0.0437. The second-order valence-corrected chi connectivity index (χ2v) is 2.62. The van der Waals surface area contributed by atoms with Crippen molar-refractivity contribution in [3.63, 3.8) is 0 Å². The molecule has 0 fully saturated rings. The van der Waals surface area contributed by atoms with Gasteiger partial charge in [0.25, 0.3) is 0 Å². The molecule has 4 heteroatoms. The molecule has 0 bridgehead atoms. The molecule has 2 nitrogen and oxygen atoms in total. The molecule has 2 N–H and O–H groups in total. The van der Waals surface area contributed by atoms with Gasteiger partial charge in [0.1, 0.15) is 5.82 Å². The summed E-state index contributed by atoms with van der Waals surface area (Å²) in [5, 5.41) is 11.9. The van der Waals surface area contributed by atoms with Gasteiger partial charge in [-0.2, -0.15) is 0 Å². The summed E-state index contributed by atoms with van der Waals surface area (Å²) in [6, 6.07) is 1.60. The van der Waals surface area contributed by atoms with Crippen molar-refractivity contribution in [3.8, 4) is 17.6 Å². The Kier molecular flexibility index (Phi) is 3.43. The molecule has 0 heterocycles. The molecule has 0 unspecified atom stereocenters. The molecular weight excluding hydrogens is 188 g/mol. The Morgan fingerprint density at radius 3 is 2.79 bits per heavy atom. The Bertz CT molecular complexity index is 393. The van der Waals surface area contributed by atoms with Gasteiger partial charge in [0.15, 0.2) is 11.6 Å². The Labute approximate surface area is 80.6 Å². The van der Waals surface area contributed by atoms with E-state index >= 15 is 0 Å². The van der Waals surface area contributed by atoms with E-state index in [4.69, 9.17) is 5.11 Å². The molecule has 1 aromatic rings. The molecule has 0 radical (unpaired) electrons. The van der Waals surface area contributed by atoms with Gasteiger partial charge >= 0.3 is 0 Å². The topological polar surface area (TPSA) is 32.3 Å². The Balaban J connectivity index is 3.04. The number of halogens is 2. The first-order valence-corrected chi connectivity index (χ1v) is 3.96. The first-order chi connectivity index (χ1) is 6.65. The van der Waals surface area contributed by atoms with Crippen LogP contribution in [-0.2, 0) is 0 Å². The van der Waals surface area contributed by atoms with E-state index in [9.17, 15) is 8.78 Å². The molecule has 74 valence electrons. The highest BCUT2D eigenvalue weighted by Gasteiger charge is 2.07. The molecule has 1 aromatic carbocycles. The van der Waals surface area contributed by atoms with E-state index < -0.39 is 17.4 Å². The number of phenols is 1. The zero-order valence-corrected chi connectivity index (χ0v) is 7.56. The Hall–Kier alpha value is -1.60. The Morgan fingerprint density at radius 1 is 1.43 bits per heavy atom. The fourth-order valence-electron chi connectivity index (χ4n) is 0.889. The lowest BCUT2D eigenvalue weighted by Crippen LogP contribution is -2.04. The second-order valence-electron chi connectivity index (χ2n) is 2.62. The zero-order valence-electron chi connectivity index (χ0n) is 7.56. The van der Waals surface area contributed by atoms with E-state index in [1.165, 1.54) is 0 Å². The fourth-order valence-corrected chi connectivity index (χ4v) is 0.889. The van der Waals surface area contributed by atoms with Crippen LogP contribution in [-0.4, -0.2) is 18.7 Å². The highest BCUT2D eigenvalue weighted by Crippen LogP contribution is 2.21.